The van der Waals surface area contributed by atoms with Crippen LogP contribution in [0.1, 0.15) is 37.4 Å². The first-order chi connectivity index (χ1) is 16.5. The molecule has 3 aromatic rings. The number of fused-ring (bicyclic) bond motifs is 1. The van der Waals surface area contributed by atoms with Gasteiger partial charge in [0, 0.05) is 28.4 Å². The first-order valence-corrected chi connectivity index (χ1v) is 13.6. The number of aliphatic carboxylic acids is 1. The lowest BCUT2D eigenvalue weighted by atomic mass is 9.81. The first kappa shape index (κ1) is 24.9. The van der Waals surface area contributed by atoms with Crippen molar-refractivity contribution in [1.82, 2.24) is 9.88 Å². The zero-order valence-electron chi connectivity index (χ0n) is 19.4. The Morgan fingerprint density at radius 1 is 1.38 bits per heavy atom. The van der Waals surface area contributed by atoms with Gasteiger partial charge < -0.3 is 14.7 Å². The Morgan fingerprint density at radius 3 is 3.03 bits per heavy atom. The van der Waals surface area contributed by atoms with E-state index in [1.807, 2.05) is 30.0 Å². The van der Waals surface area contributed by atoms with Gasteiger partial charge in [-0.05, 0) is 91.7 Å². The minimum atomic E-state index is -1.17. The molecule has 8 heteroatoms. The lowest BCUT2D eigenvalue weighted by molar-refractivity contribution is -0.146. The fourth-order valence-electron chi connectivity index (χ4n) is 4.77. The van der Waals surface area contributed by atoms with Crippen molar-refractivity contribution < 1.29 is 19.0 Å². The lowest BCUT2D eigenvalue weighted by Gasteiger charge is -2.36. The van der Waals surface area contributed by atoms with Crippen LogP contribution in [0.25, 0.3) is 10.9 Å². The van der Waals surface area contributed by atoms with E-state index in [0.29, 0.717) is 30.7 Å². The van der Waals surface area contributed by atoms with Crippen molar-refractivity contribution in [2.75, 3.05) is 32.5 Å². The number of rotatable bonds is 11. The molecule has 5 nitrogen and oxygen atoms in total. The molecule has 0 radical (unpaired) electrons. The Hall–Kier alpha value is -2.16. The number of halogens is 1. The number of hydrogen-bond acceptors (Lipinski definition) is 6. The number of pyridine rings is 1. The highest BCUT2D eigenvalue weighted by Gasteiger charge is 2.34. The summed E-state index contributed by atoms with van der Waals surface area (Å²) in [4.78, 5) is 19.9. The summed E-state index contributed by atoms with van der Waals surface area (Å²) in [6.07, 6.45) is 3.16. The van der Waals surface area contributed by atoms with Crippen LogP contribution in [-0.4, -0.2) is 53.5 Å². The van der Waals surface area contributed by atoms with E-state index in [1.165, 1.54) is 4.90 Å². The summed E-state index contributed by atoms with van der Waals surface area (Å²) in [6, 6.07) is 9.32. The molecule has 4 rings (SSSR count). The molecule has 1 fully saturated rings. The number of alkyl halides is 1. The molecule has 1 unspecified atom stereocenters. The van der Waals surface area contributed by atoms with E-state index in [2.05, 4.69) is 26.7 Å². The van der Waals surface area contributed by atoms with Crippen LogP contribution in [-0.2, 0) is 4.79 Å². The number of benzene rings is 1. The average Bonchev–Trinajstić information content (AvgIpc) is 3.38. The third-order valence-electron chi connectivity index (χ3n) is 6.65. The number of ether oxygens (including phenoxy) is 1. The Bertz CT molecular complexity index is 1080. The molecule has 34 heavy (non-hydrogen) atoms. The number of thioether (sulfide) groups is 1. The Morgan fingerprint density at radius 2 is 2.26 bits per heavy atom. The molecular formula is C26H31FN2O3S2. The summed E-state index contributed by atoms with van der Waals surface area (Å²) in [5.41, 5.74) is 1.33. The zero-order chi connectivity index (χ0) is 23.9. The third kappa shape index (κ3) is 6.29. The molecule has 1 aliphatic rings. The summed E-state index contributed by atoms with van der Waals surface area (Å²) < 4.78 is 20.7. The number of carboxylic acid groups (broad SMARTS) is 1. The maximum absolute atomic E-state index is 15.4. The number of carbonyl (C=O) groups is 1. The maximum Gasteiger partial charge on any atom is 0.308 e. The lowest BCUT2D eigenvalue weighted by Crippen LogP contribution is -2.44. The molecule has 0 aliphatic carbocycles. The Kier molecular flexibility index (Phi) is 8.80. The fraction of sp³-hybridized carbons (Fsp3) is 0.462. The quantitative estimate of drug-likeness (QED) is 0.245. The molecule has 0 amide bonds. The van der Waals surface area contributed by atoms with Crippen LogP contribution < -0.4 is 4.74 Å². The third-order valence-corrected chi connectivity index (χ3v) is 8.56. The van der Waals surface area contributed by atoms with Crippen LogP contribution in [0.5, 0.6) is 5.75 Å². The number of piperidine rings is 1. The second-order valence-corrected chi connectivity index (χ2v) is 10.7. The van der Waals surface area contributed by atoms with Crippen molar-refractivity contribution in [3.63, 3.8) is 0 Å². The number of thiophene rings is 1. The Labute approximate surface area is 208 Å². The van der Waals surface area contributed by atoms with E-state index in [9.17, 15) is 9.90 Å². The molecule has 1 N–H and O–H groups in total. The fourth-order valence-corrected chi connectivity index (χ4v) is 6.49. The van der Waals surface area contributed by atoms with Crippen LogP contribution in [0.15, 0.2) is 52.2 Å². The van der Waals surface area contributed by atoms with Gasteiger partial charge in [0.15, 0.2) is 0 Å². The standard InChI is InChI=1S/C26H31FN2O3S2/c1-32-19-4-6-25-22(15-19)21(7-10-28-25)24(27)5-3-18-8-12-29(16-23(18)26(30)31)11-2-13-34-20-9-14-33-17-20/h4,6-7,9-10,14-15,17-18,23-24H,2-3,5,8,11-13,16H2,1H3,(H,30,31)/t18-,23+,24?/m1/s1. The normalized spacial score (nSPS) is 19.8. The van der Waals surface area contributed by atoms with E-state index in [-0.39, 0.29) is 5.92 Å². The number of nitrogens with zero attached hydrogens (tertiary/aromatic N) is 2. The highest BCUT2D eigenvalue weighted by atomic mass is 32.2. The molecule has 0 saturated carbocycles. The minimum absolute atomic E-state index is 0.00480. The minimum Gasteiger partial charge on any atom is -0.497 e. The molecule has 3 heterocycles. The van der Waals surface area contributed by atoms with Crippen molar-refractivity contribution in [2.45, 2.75) is 36.8 Å². The second kappa shape index (κ2) is 12.0. The topological polar surface area (TPSA) is 62.7 Å². The van der Waals surface area contributed by atoms with Gasteiger partial charge in [-0.3, -0.25) is 9.78 Å². The Balaban J connectivity index is 1.31. The van der Waals surface area contributed by atoms with Gasteiger partial charge in [0.2, 0.25) is 0 Å². The second-order valence-electron chi connectivity index (χ2n) is 8.78. The molecule has 0 spiro atoms. The summed E-state index contributed by atoms with van der Waals surface area (Å²) in [5.74, 6) is 0.482. The van der Waals surface area contributed by atoms with Crippen molar-refractivity contribution in [3.05, 3.63) is 52.9 Å². The monoisotopic (exact) mass is 502 g/mol. The smallest absolute Gasteiger partial charge is 0.308 e. The van der Waals surface area contributed by atoms with Gasteiger partial charge in [0.1, 0.15) is 11.9 Å². The molecule has 1 aliphatic heterocycles. The molecule has 1 aromatic carbocycles. The maximum atomic E-state index is 15.4. The van der Waals surface area contributed by atoms with Gasteiger partial charge in [-0.15, -0.1) is 11.8 Å². The number of hydrogen-bond donors (Lipinski definition) is 1. The summed E-state index contributed by atoms with van der Waals surface area (Å²) in [7, 11) is 1.59. The average molecular weight is 503 g/mol. The highest BCUT2D eigenvalue weighted by molar-refractivity contribution is 7.99. The SMILES string of the molecule is COc1ccc2nccc(C(F)CC[C@@H]3CCN(CCCSc4ccsc4)C[C@@H]3C(=O)O)c2c1. The van der Waals surface area contributed by atoms with E-state index in [4.69, 9.17) is 4.74 Å². The molecule has 2 aromatic heterocycles. The summed E-state index contributed by atoms with van der Waals surface area (Å²) >= 11 is 3.55. The van der Waals surface area contributed by atoms with Crippen LogP contribution in [0.3, 0.4) is 0 Å². The van der Waals surface area contributed by atoms with E-state index >= 15 is 4.39 Å². The van der Waals surface area contributed by atoms with Crippen LogP contribution in [0.4, 0.5) is 4.39 Å². The number of aromatic nitrogens is 1. The van der Waals surface area contributed by atoms with Crippen molar-refractivity contribution >= 4 is 40.0 Å². The molecular weight excluding hydrogens is 471 g/mol. The molecule has 182 valence electrons. The van der Waals surface area contributed by atoms with E-state index in [1.54, 1.807) is 30.7 Å². The highest BCUT2D eigenvalue weighted by Crippen LogP contribution is 2.35. The zero-order valence-corrected chi connectivity index (χ0v) is 21.0. The van der Waals surface area contributed by atoms with Gasteiger partial charge in [-0.2, -0.15) is 11.3 Å². The number of methoxy groups -OCH3 is 1. The number of carboxylic acids is 1. The summed E-state index contributed by atoms with van der Waals surface area (Å²) in [5, 5.41) is 14.8. The van der Waals surface area contributed by atoms with Gasteiger partial charge >= 0.3 is 5.97 Å². The van der Waals surface area contributed by atoms with E-state index in [0.717, 1.165) is 42.6 Å². The van der Waals surface area contributed by atoms with Crippen LogP contribution in [0.2, 0.25) is 0 Å². The van der Waals surface area contributed by atoms with Crippen molar-refractivity contribution in [1.29, 1.82) is 0 Å². The van der Waals surface area contributed by atoms with Gasteiger partial charge in [0.05, 0.1) is 18.5 Å². The van der Waals surface area contributed by atoms with Gasteiger partial charge in [-0.1, -0.05) is 0 Å². The van der Waals surface area contributed by atoms with Crippen molar-refractivity contribution in [2.24, 2.45) is 11.8 Å². The largest absolute Gasteiger partial charge is 0.497 e. The van der Waals surface area contributed by atoms with Crippen molar-refractivity contribution in [3.8, 4) is 5.75 Å². The van der Waals surface area contributed by atoms with Crippen LogP contribution in [0, 0.1) is 11.8 Å². The molecule has 1 saturated heterocycles. The predicted molar refractivity (Wildman–Crippen MR) is 137 cm³/mol. The molecule has 0 bridgehead atoms. The summed E-state index contributed by atoms with van der Waals surface area (Å²) in [6.45, 7) is 2.34. The number of likely N-dealkylation sites (tertiary alicyclic amines) is 1. The first-order valence-electron chi connectivity index (χ1n) is 11.7. The predicted octanol–water partition coefficient (Wildman–Crippen LogP) is 6.30. The van der Waals surface area contributed by atoms with Gasteiger partial charge in [-0.25, -0.2) is 4.39 Å². The van der Waals surface area contributed by atoms with Gasteiger partial charge in [0.25, 0.3) is 0 Å². The van der Waals surface area contributed by atoms with Crippen LogP contribution >= 0.6 is 23.1 Å². The van der Waals surface area contributed by atoms with E-state index < -0.39 is 18.1 Å². The molecule has 3 atom stereocenters.